The summed E-state index contributed by atoms with van der Waals surface area (Å²) in [5.41, 5.74) is 5.84. The van der Waals surface area contributed by atoms with Gasteiger partial charge in [-0.3, -0.25) is 0 Å². The van der Waals surface area contributed by atoms with Crippen LogP contribution in [0.1, 0.15) is 44.9 Å². The van der Waals surface area contributed by atoms with E-state index in [1.807, 2.05) is 0 Å². The van der Waals surface area contributed by atoms with E-state index in [9.17, 15) is 4.79 Å². The normalized spacial score (nSPS) is 30.6. The molecule has 4 N–H and O–H groups in total. The molecule has 0 saturated heterocycles. The van der Waals surface area contributed by atoms with Crippen molar-refractivity contribution < 1.29 is 4.79 Å². The Hall–Kier alpha value is -0.770. The Morgan fingerprint density at radius 3 is 2.38 bits per heavy atom. The number of urea groups is 1. The fraction of sp³-hybridized carbons (Fsp3) is 0.917. The lowest BCUT2D eigenvalue weighted by Crippen LogP contribution is -2.46. The zero-order chi connectivity index (χ0) is 11.4. The number of nitrogens with two attached hydrogens (primary N) is 1. The van der Waals surface area contributed by atoms with Crippen LogP contribution < -0.4 is 16.4 Å². The second kappa shape index (κ2) is 5.53. The van der Waals surface area contributed by atoms with Gasteiger partial charge in [0, 0.05) is 18.6 Å². The molecular formula is C12H23N3O. The number of rotatable bonds is 3. The van der Waals surface area contributed by atoms with Crippen molar-refractivity contribution in [3.05, 3.63) is 0 Å². The topological polar surface area (TPSA) is 67.1 Å². The molecule has 16 heavy (non-hydrogen) atoms. The number of carbonyl (C=O) groups excluding carboxylic acids is 1. The zero-order valence-corrected chi connectivity index (χ0v) is 9.87. The van der Waals surface area contributed by atoms with Gasteiger partial charge in [0.1, 0.15) is 0 Å². The molecule has 2 amide bonds. The van der Waals surface area contributed by atoms with Gasteiger partial charge in [0.25, 0.3) is 0 Å². The molecule has 4 heteroatoms. The summed E-state index contributed by atoms with van der Waals surface area (Å²) < 4.78 is 0. The van der Waals surface area contributed by atoms with Crippen LogP contribution in [-0.4, -0.2) is 24.7 Å². The predicted octanol–water partition coefficient (Wildman–Crippen LogP) is 1.36. The van der Waals surface area contributed by atoms with Crippen LogP contribution in [0.3, 0.4) is 0 Å². The summed E-state index contributed by atoms with van der Waals surface area (Å²) in [6, 6.07) is 0.833. The van der Waals surface area contributed by atoms with Crippen molar-refractivity contribution in [2.75, 3.05) is 6.54 Å². The van der Waals surface area contributed by atoms with E-state index in [0.29, 0.717) is 18.0 Å². The maximum Gasteiger partial charge on any atom is 0.315 e. The molecule has 0 aromatic heterocycles. The number of hydrogen-bond acceptors (Lipinski definition) is 2. The first-order valence-corrected chi connectivity index (χ1v) is 6.54. The van der Waals surface area contributed by atoms with E-state index in [0.717, 1.165) is 45.1 Å². The Morgan fingerprint density at radius 2 is 1.81 bits per heavy atom. The fourth-order valence-corrected chi connectivity index (χ4v) is 2.42. The molecule has 0 bridgehead atoms. The van der Waals surface area contributed by atoms with Crippen LogP contribution in [0.25, 0.3) is 0 Å². The van der Waals surface area contributed by atoms with E-state index in [1.54, 1.807) is 0 Å². The Bertz CT molecular complexity index is 232. The highest BCUT2D eigenvalue weighted by Gasteiger charge is 2.21. The first-order valence-electron chi connectivity index (χ1n) is 6.54. The van der Waals surface area contributed by atoms with E-state index >= 15 is 0 Å². The molecule has 2 aliphatic carbocycles. The molecule has 0 radical (unpaired) electrons. The van der Waals surface area contributed by atoms with Crippen LogP contribution in [0.4, 0.5) is 4.79 Å². The van der Waals surface area contributed by atoms with Crippen LogP contribution in [-0.2, 0) is 0 Å². The van der Waals surface area contributed by atoms with Crippen LogP contribution in [0.5, 0.6) is 0 Å². The lowest BCUT2D eigenvalue weighted by molar-refractivity contribution is 0.223. The van der Waals surface area contributed by atoms with Crippen LogP contribution in [0, 0.1) is 5.92 Å². The Kier molecular flexibility index (Phi) is 4.04. The van der Waals surface area contributed by atoms with Gasteiger partial charge in [-0.05, 0) is 50.9 Å². The van der Waals surface area contributed by atoms with Crippen molar-refractivity contribution in [2.45, 2.75) is 57.0 Å². The summed E-state index contributed by atoms with van der Waals surface area (Å²) in [5.74, 6) is 0.631. The summed E-state index contributed by atoms with van der Waals surface area (Å²) in [7, 11) is 0. The van der Waals surface area contributed by atoms with Gasteiger partial charge < -0.3 is 16.4 Å². The average Bonchev–Trinajstić information content (AvgIpc) is 2.23. The van der Waals surface area contributed by atoms with E-state index in [4.69, 9.17) is 5.73 Å². The van der Waals surface area contributed by atoms with E-state index in [-0.39, 0.29) is 6.03 Å². The third-order valence-electron chi connectivity index (χ3n) is 3.88. The lowest BCUT2D eigenvalue weighted by atomic mass is 9.86. The largest absolute Gasteiger partial charge is 0.338 e. The molecule has 0 heterocycles. The van der Waals surface area contributed by atoms with Crippen LogP contribution in [0.2, 0.25) is 0 Å². The quantitative estimate of drug-likeness (QED) is 0.679. The first-order chi connectivity index (χ1) is 7.74. The Morgan fingerprint density at radius 1 is 1.12 bits per heavy atom. The number of nitrogens with one attached hydrogen (secondary N) is 2. The van der Waals surface area contributed by atoms with Gasteiger partial charge in [-0.2, -0.15) is 0 Å². The van der Waals surface area contributed by atoms with Crippen molar-refractivity contribution in [2.24, 2.45) is 11.7 Å². The number of carbonyl (C=O) groups is 1. The summed E-state index contributed by atoms with van der Waals surface area (Å²) in [5, 5.41) is 5.97. The SMILES string of the molecule is NC1CCC(CNC(=O)NC2CCC2)CC1. The lowest BCUT2D eigenvalue weighted by Gasteiger charge is -2.28. The number of amides is 2. The zero-order valence-electron chi connectivity index (χ0n) is 9.87. The van der Waals surface area contributed by atoms with E-state index in [1.165, 1.54) is 6.42 Å². The number of hydrogen-bond donors (Lipinski definition) is 3. The maximum absolute atomic E-state index is 11.5. The molecule has 2 fully saturated rings. The van der Waals surface area contributed by atoms with Crippen molar-refractivity contribution in [1.29, 1.82) is 0 Å². The molecule has 2 rings (SSSR count). The highest BCUT2D eigenvalue weighted by atomic mass is 16.2. The second-order valence-electron chi connectivity index (χ2n) is 5.26. The Balaban J connectivity index is 1.57. The van der Waals surface area contributed by atoms with Crippen molar-refractivity contribution >= 4 is 6.03 Å². The third kappa shape index (κ3) is 3.37. The van der Waals surface area contributed by atoms with E-state index in [2.05, 4.69) is 10.6 Å². The van der Waals surface area contributed by atoms with Crippen molar-refractivity contribution in [3.63, 3.8) is 0 Å². The molecule has 0 spiro atoms. The van der Waals surface area contributed by atoms with E-state index < -0.39 is 0 Å². The van der Waals surface area contributed by atoms with Crippen LogP contribution in [0.15, 0.2) is 0 Å². The summed E-state index contributed by atoms with van der Waals surface area (Å²) in [4.78, 5) is 11.5. The Labute approximate surface area is 97.3 Å². The standard InChI is InChI=1S/C12H23N3O/c13-10-6-4-9(5-7-10)8-14-12(16)15-11-2-1-3-11/h9-11H,1-8,13H2,(H2,14,15,16). The molecule has 2 saturated carbocycles. The maximum atomic E-state index is 11.5. The molecule has 4 nitrogen and oxygen atoms in total. The molecule has 0 aliphatic heterocycles. The molecule has 0 aromatic carbocycles. The smallest absolute Gasteiger partial charge is 0.315 e. The molecule has 0 aromatic rings. The molecule has 92 valence electrons. The third-order valence-corrected chi connectivity index (χ3v) is 3.88. The van der Waals surface area contributed by atoms with Crippen molar-refractivity contribution in [1.82, 2.24) is 10.6 Å². The second-order valence-corrected chi connectivity index (χ2v) is 5.26. The minimum atomic E-state index is 0.0135. The monoisotopic (exact) mass is 225 g/mol. The van der Waals surface area contributed by atoms with Gasteiger partial charge in [-0.25, -0.2) is 4.79 Å². The molecule has 0 unspecified atom stereocenters. The highest BCUT2D eigenvalue weighted by molar-refractivity contribution is 5.74. The minimum absolute atomic E-state index is 0.0135. The minimum Gasteiger partial charge on any atom is -0.338 e. The van der Waals surface area contributed by atoms with Gasteiger partial charge in [-0.15, -0.1) is 0 Å². The van der Waals surface area contributed by atoms with Crippen LogP contribution >= 0.6 is 0 Å². The summed E-state index contributed by atoms with van der Waals surface area (Å²) in [6.07, 6.45) is 8.08. The van der Waals surface area contributed by atoms with Gasteiger partial charge in [0.2, 0.25) is 0 Å². The highest BCUT2D eigenvalue weighted by Crippen LogP contribution is 2.22. The van der Waals surface area contributed by atoms with Gasteiger partial charge in [0.05, 0.1) is 0 Å². The van der Waals surface area contributed by atoms with Crippen molar-refractivity contribution in [3.8, 4) is 0 Å². The molecular weight excluding hydrogens is 202 g/mol. The average molecular weight is 225 g/mol. The summed E-state index contributed by atoms with van der Waals surface area (Å²) in [6.45, 7) is 0.811. The summed E-state index contributed by atoms with van der Waals surface area (Å²) >= 11 is 0. The van der Waals surface area contributed by atoms with Gasteiger partial charge in [0.15, 0.2) is 0 Å². The fourth-order valence-electron chi connectivity index (χ4n) is 2.42. The van der Waals surface area contributed by atoms with Gasteiger partial charge in [-0.1, -0.05) is 0 Å². The molecule has 0 atom stereocenters. The first kappa shape index (κ1) is 11.7. The molecule has 2 aliphatic rings. The van der Waals surface area contributed by atoms with Gasteiger partial charge >= 0.3 is 6.03 Å². The predicted molar refractivity (Wildman–Crippen MR) is 64.1 cm³/mol.